The molecule has 0 spiro atoms. The molecular formula is C16H25N3O. The number of nitrogen functional groups attached to an aromatic ring is 1. The van der Waals surface area contributed by atoms with Crippen molar-refractivity contribution in [3.63, 3.8) is 0 Å². The first-order valence-corrected chi connectivity index (χ1v) is 7.53. The third-order valence-electron chi connectivity index (χ3n) is 4.39. The maximum absolute atomic E-state index is 12.4. The maximum Gasteiger partial charge on any atom is 0.251 e. The van der Waals surface area contributed by atoms with E-state index in [4.69, 9.17) is 5.84 Å². The van der Waals surface area contributed by atoms with Crippen molar-refractivity contribution >= 4 is 11.6 Å². The number of anilines is 1. The molecule has 4 heteroatoms. The molecule has 0 heterocycles. The molecule has 1 aromatic carbocycles. The molecule has 2 atom stereocenters. The van der Waals surface area contributed by atoms with Gasteiger partial charge in [0.15, 0.2) is 0 Å². The Labute approximate surface area is 121 Å². The molecule has 20 heavy (non-hydrogen) atoms. The zero-order valence-corrected chi connectivity index (χ0v) is 12.4. The van der Waals surface area contributed by atoms with Crippen LogP contribution in [-0.2, 0) is 0 Å². The van der Waals surface area contributed by atoms with Gasteiger partial charge < -0.3 is 10.7 Å². The SMILES string of the molecule is CCC1CCCCC1NC(=O)c1ccc(NN)c(C)c1. The van der Waals surface area contributed by atoms with E-state index in [1.165, 1.54) is 19.3 Å². The van der Waals surface area contributed by atoms with Crippen LogP contribution >= 0.6 is 0 Å². The van der Waals surface area contributed by atoms with E-state index in [-0.39, 0.29) is 5.91 Å². The molecule has 0 aromatic heterocycles. The Kier molecular flexibility index (Phi) is 5.01. The van der Waals surface area contributed by atoms with Crippen LogP contribution in [0.25, 0.3) is 0 Å². The fourth-order valence-electron chi connectivity index (χ4n) is 3.10. The number of hydrazine groups is 1. The third kappa shape index (κ3) is 3.31. The summed E-state index contributed by atoms with van der Waals surface area (Å²) >= 11 is 0. The molecule has 1 amide bonds. The molecular weight excluding hydrogens is 250 g/mol. The van der Waals surface area contributed by atoms with Crippen molar-refractivity contribution in [3.05, 3.63) is 29.3 Å². The van der Waals surface area contributed by atoms with E-state index in [2.05, 4.69) is 17.7 Å². The zero-order valence-electron chi connectivity index (χ0n) is 12.4. The number of amides is 1. The number of benzene rings is 1. The van der Waals surface area contributed by atoms with Gasteiger partial charge in [0.25, 0.3) is 5.91 Å². The van der Waals surface area contributed by atoms with Gasteiger partial charge >= 0.3 is 0 Å². The van der Waals surface area contributed by atoms with Crippen LogP contribution in [0, 0.1) is 12.8 Å². The molecule has 2 unspecified atom stereocenters. The first-order valence-electron chi connectivity index (χ1n) is 7.53. The van der Waals surface area contributed by atoms with Crippen molar-refractivity contribution in [1.29, 1.82) is 0 Å². The van der Waals surface area contributed by atoms with Crippen LogP contribution in [0.4, 0.5) is 5.69 Å². The Balaban J connectivity index is 2.05. The highest BCUT2D eigenvalue weighted by Gasteiger charge is 2.25. The number of hydrogen-bond acceptors (Lipinski definition) is 3. The van der Waals surface area contributed by atoms with E-state index in [1.807, 2.05) is 25.1 Å². The first kappa shape index (κ1) is 14.9. The summed E-state index contributed by atoms with van der Waals surface area (Å²) in [5.74, 6) is 6.07. The number of carbonyl (C=O) groups is 1. The first-order chi connectivity index (χ1) is 9.65. The van der Waals surface area contributed by atoms with Crippen LogP contribution in [0.1, 0.15) is 54.9 Å². The highest BCUT2D eigenvalue weighted by atomic mass is 16.1. The monoisotopic (exact) mass is 275 g/mol. The minimum Gasteiger partial charge on any atom is -0.349 e. The predicted molar refractivity (Wildman–Crippen MR) is 82.5 cm³/mol. The van der Waals surface area contributed by atoms with Crippen molar-refractivity contribution in [1.82, 2.24) is 5.32 Å². The van der Waals surface area contributed by atoms with Gasteiger partial charge in [-0.15, -0.1) is 0 Å². The number of carbonyl (C=O) groups excluding carboxylic acids is 1. The normalized spacial score (nSPS) is 22.4. The van der Waals surface area contributed by atoms with Crippen LogP contribution in [0.2, 0.25) is 0 Å². The van der Waals surface area contributed by atoms with Gasteiger partial charge in [-0.25, -0.2) is 0 Å². The molecule has 4 nitrogen and oxygen atoms in total. The average molecular weight is 275 g/mol. The topological polar surface area (TPSA) is 67.2 Å². The Morgan fingerprint density at radius 1 is 1.35 bits per heavy atom. The third-order valence-corrected chi connectivity index (χ3v) is 4.39. The van der Waals surface area contributed by atoms with Crippen LogP contribution in [-0.4, -0.2) is 11.9 Å². The molecule has 0 bridgehead atoms. The molecule has 0 radical (unpaired) electrons. The number of nitrogens with two attached hydrogens (primary N) is 1. The van der Waals surface area contributed by atoms with Gasteiger partial charge in [0.05, 0.1) is 5.69 Å². The summed E-state index contributed by atoms with van der Waals surface area (Å²) in [6.07, 6.45) is 5.99. The Morgan fingerprint density at radius 3 is 2.75 bits per heavy atom. The van der Waals surface area contributed by atoms with Crippen LogP contribution in [0.3, 0.4) is 0 Å². The molecule has 1 saturated carbocycles. The lowest BCUT2D eigenvalue weighted by molar-refractivity contribution is 0.0904. The number of aryl methyl sites for hydroxylation is 1. The fourth-order valence-corrected chi connectivity index (χ4v) is 3.10. The van der Waals surface area contributed by atoms with E-state index < -0.39 is 0 Å². The second-order valence-electron chi connectivity index (χ2n) is 5.71. The van der Waals surface area contributed by atoms with E-state index in [0.29, 0.717) is 17.5 Å². The quantitative estimate of drug-likeness (QED) is 0.584. The van der Waals surface area contributed by atoms with Crippen molar-refractivity contribution in [3.8, 4) is 0 Å². The largest absolute Gasteiger partial charge is 0.349 e. The number of hydrogen-bond donors (Lipinski definition) is 3. The summed E-state index contributed by atoms with van der Waals surface area (Å²) in [5, 5.41) is 3.21. The lowest BCUT2D eigenvalue weighted by Crippen LogP contribution is -2.41. The second kappa shape index (κ2) is 6.75. The summed E-state index contributed by atoms with van der Waals surface area (Å²) in [6.45, 7) is 4.16. The fraction of sp³-hybridized carbons (Fsp3) is 0.562. The van der Waals surface area contributed by atoms with Crippen molar-refractivity contribution < 1.29 is 4.79 Å². The Morgan fingerprint density at radius 2 is 2.10 bits per heavy atom. The van der Waals surface area contributed by atoms with Gasteiger partial charge in [-0.3, -0.25) is 10.6 Å². The van der Waals surface area contributed by atoms with Crippen molar-refractivity contribution in [2.45, 2.75) is 52.0 Å². The van der Waals surface area contributed by atoms with Crippen molar-refractivity contribution in [2.75, 3.05) is 5.43 Å². The van der Waals surface area contributed by atoms with Gasteiger partial charge in [0.2, 0.25) is 0 Å². The molecule has 1 fully saturated rings. The van der Waals surface area contributed by atoms with Crippen molar-refractivity contribution in [2.24, 2.45) is 11.8 Å². The Hall–Kier alpha value is -1.55. The predicted octanol–water partition coefficient (Wildman–Crippen LogP) is 2.98. The lowest BCUT2D eigenvalue weighted by Gasteiger charge is -2.31. The zero-order chi connectivity index (χ0) is 14.5. The number of rotatable bonds is 4. The summed E-state index contributed by atoms with van der Waals surface area (Å²) in [5.41, 5.74) is 5.17. The van der Waals surface area contributed by atoms with E-state index in [0.717, 1.165) is 24.1 Å². The molecule has 1 aromatic rings. The van der Waals surface area contributed by atoms with Gasteiger partial charge in [-0.1, -0.05) is 26.2 Å². The lowest BCUT2D eigenvalue weighted by atomic mass is 9.83. The van der Waals surface area contributed by atoms with Gasteiger partial charge in [-0.05, 0) is 49.4 Å². The van der Waals surface area contributed by atoms with Crippen LogP contribution in [0.15, 0.2) is 18.2 Å². The smallest absolute Gasteiger partial charge is 0.251 e. The highest BCUT2D eigenvalue weighted by Crippen LogP contribution is 2.27. The highest BCUT2D eigenvalue weighted by molar-refractivity contribution is 5.95. The average Bonchev–Trinajstić information content (AvgIpc) is 2.47. The summed E-state index contributed by atoms with van der Waals surface area (Å²) < 4.78 is 0. The molecule has 1 aliphatic carbocycles. The molecule has 2 rings (SSSR count). The second-order valence-corrected chi connectivity index (χ2v) is 5.71. The molecule has 110 valence electrons. The minimum atomic E-state index is 0.0296. The summed E-state index contributed by atoms with van der Waals surface area (Å²) in [7, 11) is 0. The molecule has 0 saturated heterocycles. The molecule has 4 N–H and O–H groups in total. The standard InChI is InChI=1S/C16H25N3O/c1-3-12-6-4-5-7-15(12)18-16(20)13-8-9-14(19-17)11(2)10-13/h8-10,12,15,19H,3-7,17H2,1-2H3,(H,18,20). The van der Waals surface area contributed by atoms with Crippen LogP contribution < -0.4 is 16.6 Å². The van der Waals surface area contributed by atoms with Gasteiger partial charge in [-0.2, -0.15) is 0 Å². The molecule has 0 aliphatic heterocycles. The van der Waals surface area contributed by atoms with E-state index in [9.17, 15) is 4.79 Å². The Bertz CT molecular complexity index is 473. The molecule has 1 aliphatic rings. The van der Waals surface area contributed by atoms with Gasteiger partial charge in [0.1, 0.15) is 0 Å². The minimum absolute atomic E-state index is 0.0296. The number of nitrogens with one attached hydrogen (secondary N) is 2. The van der Waals surface area contributed by atoms with E-state index in [1.54, 1.807) is 0 Å². The maximum atomic E-state index is 12.4. The van der Waals surface area contributed by atoms with Crippen LogP contribution in [0.5, 0.6) is 0 Å². The summed E-state index contributed by atoms with van der Waals surface area (Å²) in [4.78, 5) is 12.4. The van der Waals surface area contributed by atoms with Gasteiger partial charge in [0, 0.05) is 11.6 Å². The summed E-state index contributed by atoms with van der Waals surface area (Å²) in [6, 6.07) is 5.88. The van der Waals surface area contributed by atoms with E-state index >= 15 is 0 Å².